The zero-order valence-electron chi connectivity index (χ0n) is 17.9. The van der Waals surface area contributed by atoms with Crippen LogP contribution in [0.3, 0.4) is 0 Å². The number of hydrogen-bond acceptors (Lipinski definition) is 7. The van der Waals surface area contributed by atoms with E-state index in [0.29, 0.717) is 6.07 Å². The first-order valence-electron chi connectivity index (χ1n) is 10.2. The molecule has 0 radical (unpaired) electrons. The van der Waals surface area contributed by atoms with Gasteiger partial charge in [0.05, 0.1) is 19.6 Å². The Morgan fingerprint density at radius 2 is 1.88 bits per heavy atom. The fourth-order valence-electron chi connectivity index (χ4n) is 3.35. The summed E-state index contributed by atoms with van der Waals surface area (Å²) in [7, 11) is 0. The number of amides is 1. The number of carbonyl (C=O) groups excluding carboxylic acids is 1. The van der Waals surface area contributed by atoms with Gasteiger partial charge < -0.3 is 15.2 Å². The first-order chi connectivity index (χ1) is 16.4. The SMILES string of the molecule is O=C(NCc1ncn(CC(O)(Cn2cncn2)c2ccc(F)cc2F)n1)OCc1ccccc1. The van der Waals surface area contributed by atoms with Gasteiger partial charge in [-0.25, -0.2) is 32.9 Å². The Balaban J connectivity index is 1.41. The summed E-state index contributed by atoms with van der Waals surface area (Å²) in [5, 5.41) is 22.1. The fraction of sp³-hybridized carbons (Fsp3) is 0.227. The highest BCUT2D eigenvalue weighted by Gasteiger charge is 2.34. The van der Waals surface area contributed by atoms with E-state index in [1.165, 1.54) is 34.4 Å². The topological polar surface area (TPSA) is 120 Å². The maximum Gasteiger partial charge on any atom is 0.407 e. The molecule has 0 aliphatic rings. The van der Waals surface area contributed by atoms with Crippen molar-refractivity contribution in [1.82, 2.24) is 34.8 Å². The molecule has 34 heavy (non-hydrogen) atoms. The molecule has 2 N–H and O–H groups in total. The van der Waals surface area contributed by atoms with E-state index in [1.54, 1.807) is 0 Å². The van der Waals surface area contributed by atoms with Gasteiger partial charge >= 0.3 is 6.09 Å². The molecule has 2 heterocycles. The van der Waals surface area contributed by atoms with Gasteiger partial charge in [0.15, 0.2) is 5.82 Å². The van der Waals surface area contributed by atoms with E-state index in [2.05, 4.69) is 25.5 Å². The van der Waals surface area contributed by atoms with Crippen LogP contribution >= 0.6 is 0 Å². The molecule has 0 saturated carbocycles. The van der Waals surface area contributed by atoms with Gasteiger partial charge in [0.25, 0.3) is 0 Å². The summed E-state index contributed by atoms with van der Waals surface area (Å²) < 4.78 is 35.7. The molecule has 0 spiro atoms. The Bertz CT molecular complexity index is 1230. The lowest BCUT2D eigenvalue weighted by molar-refractivity contribution is -0.00864. The minimum atomic E-state index is -1.85. The molecule has 1 unspecified atom stereocenters. The van der Waals surface area contributed by atoms with Gasteiger partial charge in [-0.2, -0.15) is 10.2 Å². The first kappa shape index (κ1) is 23.0. The molecule has 0 bridgehead atoms. The summed E-state index contributed by atoms with van der Waals surface area (Å²) in [6.45, 7) is -0.296. The van der Waals surface area contributed by atoms with Crippen LogP contribution in [0.1, 0.15) is 17.0 Å². The number of ether oxygens (including phenoxy) is 1. The minimum absolute atomic E-state index is 0.0208. The van der Waals surface area contributed by atoms with Crippen LogP contribution in [0.4, 0.5) is 13.6 Å². The van der Waals surface area contributed by atoms with Gasteiger partial charge in [-0.1, -0.05) is 36.4 Å². The van der Waals surface area contributed by atoms with Gasteiger partial charge in [-0.15, -0.1) is 0 Å². The number of halogens is 2. The standard InChI is InChI=1S/C22H21F2N7O3/c23-17-6-7-18(19(24)8-17)22(33,11-30-14-25-13-28-30)12-31-15-27-20(29-31)9-26-21(32)34-10-16-4-2-1-3-5-16/h1-8,13-15,33H,9-12H2,(H,26,32). The molecular weight excluding hydrogens is 448 g/mol. The normalized spacial score (nSPS) is 12.8. The van der Waals surface area contributed by atoms with Crippen LogP contribution in [0.15, 0.2) is 67.5 Å². The number of aromatic nitrogens is 6. The lowest BCUT2D eigenvalue weighted by atomic mass is 9.93. The second-order valence-corrected chi connectivity index (χ2v) is 7.52. The second kappa shape index (κ2) is 10.2. The van der Waals surface area contributed by atoms with Crippen LogP contribution in [0, 0.1) is 11.6 Å². The number of aliphatic hydroxyl groups is 1. The van der Waals surface area contributed by atoms with Crippen LogP contribution in [0.2, 0.25) is 0 Å². The maximum atomic E-state index is 14.5. The molecule has 2 aromatic heterocycles. The lowest BCUT2D eigenvalue weighted by Crippen LogP contribution is -2.37. The second-order valence-electron chi connectivity index (χ2n) is 7.52. The summed E-state index contributed by atoms with van der Waals surface area (Å²) in [4.78, 5) is 19.9. The molecule has 1 amide bonds. The van der Waals surface area contributed by atoms with Crippen molar-refractivity contribution in [3.8, 4) is 0 Å². The molecular formula is C22H21F2N7O3. The van der Waals surface area contributed by atoms with Gasteiger partial charge in [-0.05, 0) is 11.6 Å². The third-order valence-corrected chi connectivity index (χ3v) is 4.93. The summed E-state index contributed by atoms with van der Waals surface area (Å²) >= 11 is 0. The molecule has 0 saturated heterocycles. The number of alkyl carbamates (subject to hydrolysis) is 1. The van der Waals surface area contributed by atoms with E-state index in [9.17, 15) is 18.7 Å². The van der Waals surface area contributed by atoms with Gasteiger partial charge in [0, 0.05) is 11.6 Å². The zero-order chi connectivity index (χ0) is 24.0. The monoisotopic (exact) mass is 469 g/mol. The van der Waals surface area contributed by atoms with Crippen molar-refractivity contribution in [2.45, 2.75) is 31.8 Å². The highest BCUT2D eigenvalue weighted by molar-refractivity contribution is 5.67. The predicted octanol–water partition coefficient (Wildman–Crippen LogP) is 2.16. The van der Waals surface area contributed by atoms with Crippen molar-refractivity contribution in [3.05, 3.63) is 96.1 Å². The molecule has 4 rings (SSSR count). The maximum absolute atomic E-state index is 14.5. The van der Waals surface area contributed by atoms with E-state index in [-0.39, 0.29) is 37.6 Å². The van der Waals surface area contributed by atoms with E-state index >= 15 is 0 Å². The summed E-state index contributed by atoms with van der Waals surface area (Å²) in [6, 6.07) is 12.1. The lowest BCUT2D eigenvalue weighted by Gasteiger charge is -2.28. The molecule has 1 atom stereocenters. The molecule has 0 aliphatic heterocycles. The molecule has 176 valence electrons. The number of rotatable bonds is 9. The van der Waals surface area contributed by atoms with Gasteiger partial charge in [0.2, 0.25) is 0 Å². The third-order valence-electron chi connectivity index (χ3n) is 4.93. The quantitative estimate of drug-likeness (QED) is 0.385. The van der Waals surface area contributed by atoms with Gasteiger partial charge in [0.1, 0.15) is 42.8 Å². The van der Waals surface area contributed by atoms with Crippen LogP contribution in [-0.4, -0.2) is 40.7 Å². The molecule has 0 fully saturated rings. The van der Waals surface area contributed by atoms with Crippen molar-refractivity contribution in [1.29, 1.82) is 0 Å². The summed E-state index contributed by atoms with van der Waals surface area (Å²) in [5.41, 5.74) is -1.14. The molecule has 12 heteroatoms. The smallest absolute Gasteiger partial charge is 0.407 e. The molecule has 2 aromatic carbocycles. The predicted molar refractivity (Wildman–Crippen MR) is 114 cm³/mol. The Labute approximate surface area is 192 Å². The zero-order valence-corrected chi connectivity index (χ0v) is 17.9. The van der Waals surface area contributed by atoms with Crippen molar-refractivity contribution in [2.24, 2.45) is 0 Å². The Hall–Kier alpha value is -4.19. The van der Waals surface area contributed by atoms with Crippen molar-refractivity contribution in [2.75, 3.05) is 0 Å². The first-order valence-corrected chi connectivity index (χ1v) is 10.2. The Kier molecular flexibility index (Phi) is 6.87. The van der Waals surface area contributed by atoms with Crippen LogP contribution in [-0.2, 0) is 36.6 Å². The number of benzene rings is 2. The fourth-order valence-corrected chi connectivity index (χ4v) is 3.35. The van der Waals surface area contributed by atoms with Crippen LogP contribution in [0.25, 0.3) is 0 Å². The Morgan fingerprint density at radius 3 is 2.62 bits per heavy atom. The Morgan fingerprint density at radius 1 is 1.09 bits per heavy atom. The summed E-state index contributed by atoms with van der Waals surface area (Å²) in [6.07, 6.45) is 3.33. The molecule has 10 nitrogen and oxygen atoms in total. The van der Waals surface area contributed by atoms with Crippen LogP contribution in [0.5, 0.6) is 0 Å². The number of hydrogen-bond donors (Lipinski definition) is 2. The highest BCUT2D eigenvalue weighted by Crippen LogP contribution is 2.28. The third kappa shape index (κ3) is 5.78. The van der Waals surface area contributed by atoms with E-state index in [1.807, 2.05) is 30.3 Å². The minimum Gasteiger partial charge on any atom is -0.445 e. The largest absolute Gasteiger partial charge is 0.445 e. The van der Waals surface area contributed by atoms with Crippen molar-refractivity contribution < 1.29 is 23.4 Å². The van der Waals surface area contributed by atoms with Crippen molar-refractivity contribution >= 4 is 6.09 Å². The number of nitrogens with zero attached hydrogens (tertiary/aromatic N) is 6. The average molecular weight is 469 g/mol. The average Bonchev–Trinajstić information content (AvgIpc) is 3.48. The van der Waals surface area contributed by atoms with E-state index in [4.69, 9.17) is 4.74 Å². The molecule has 4 aromatic rings. The number of nitrogens with one attached hydrogen (secondary N) is 1. The van der Waals surface area contributed by atoms with E-state index < -0.39 is 23.3 Å². The molecule has 0 aliphatic carbocycles. The van der Waals surface area contributed by atoms with Gasteiger partial charge in [-0.3, -0.25) is 0 Å². The highest BCUT2D eigenvalue weighted by atomic mass is 19.1. The number of carbonyl (C=O) groups is 1. The van der Waals surface area contributed by atoms with E-state index in [0.717, 1.165) is 11.6 Å². The van der Waals surface area contributed by atoms with Crippen LogP contribution < -0.4 is 5.32 Å². The summed E-state index contributed by atoms with van der Waals surface area (Å²) in [5.74, 6) is -1.43. The van der Waals surface area contributed by atoms with Crippen molar-refractivity contribution in [3.63, 3.8) is 0 Å².